The van der Waals surface area contributed by atoms with Crippen LogP contribution in [0.5, 0.6) is 0 Å². The van der Waals surface area contributed by atoms with E-state index >= 15 is 0 Å². The van der Waals surface area contributed by atoms with E-state index in [1.165, 1.54) is 12.1 Å². The fourth-order valence-electron chi connectivity index (χ4n) is 2.20. The van der Waals surface area contributed by atoms with Crippen LogP contribution >= 0.6 is 11.6 Å². The van der Waals surface area contributed by atoms with Crippen LogP contribution in [0, 0.1) is 11.7 Å². The van der Waals surface area contributed by atoms with Crippen LogP contribution in [0.15, 0.2) is 18.2 Å². The van der Waals surface area contributed by atoms with E-state index in [0.717, 1.165) is 12.0 Å². The maximum Gasteiger partial charge on any atom is 0.124 e. The zero-order valence-electron chi connectivity index (χ0n) is 8.21. The summed E-state index contributed by atoms with van der Waals surface area (Å²) in [7, 11) is 0. The molecule has 3 N–H and O–H groups in total. The summed E-state index contributed by atoms with van der Waals surface area (Å²) >= 11 is 5.98. The second-order valence-electron chi connectivity index (χ2n) is 4.07. The first kappa shape index (κ1) is 10.9. The minimum Gasteiger partial charge on any atom is -0.396 e. The molecule has 82 valence electrons. The smallest absolute Gasteiger partial charge is 0.124 e. The molecule has 2 unspecified atom stereocenters. The van der Waals surface area contributed by atoms with Crippen molar-refractivity contribution in [3.05, 3.63) is 34.6 Å². The highest BCUT2D eigenvalue weighted by Gasteiger charge is 2.54. The molecule has 0 aliphatic heterocycles. The Kier molecular flexibility index (Phi) is 2.71. The molecule has 2 atom stereocenters. The first-order chi connectivity index (χ1) is 7.14. The van der Waals surface area contributed by atoms with Crippen molar-refractivity contribution >= 4 is 11.6 Å². The second kappa shape index (κ2) is 3.74. The van der Waals surface area contributed by atoms with Crippen LogP contribution in [-0.2, 0) is 5.41 Å². The van der Waals surface area contributed by atoms with Gasteiger partial charge < -0.3 is 10.8 Å². The summed E-state index contributed by atoms with van der Waals surface area (Å²) in [5, 5.41) is 9.51. The lowest BCUT2D eigenvalue weighted by Gasteiger charge is -2.16. The summed E-state index contributed by atoms with van der Waals surface area (Å²) in [5.74, 6) is -0.192. The average molecular weight is 230 g/mol. The molecule has 1 aliphatic carbocycles. The van der Waals surface area contributed by atoms with E-state index in [9.17, 15) is 4.39 Å². The van der Waals surface area contributed by atoms with Gasteiger partial charge in [-0.05, 0) is 30.0 Å². The Morgan fingerprint density at radius 1 is 1.60 bits per heavy atom. The Bertz CT molecular complexity index is 385. The third kappa shape index (κ3) is 1.65. The Morgan fingerprint density at radius 2 is 2.33 bits per heavy atom. The number of aliphatic hydroxyl groups excluding tert-OH is 1. The molecule has 4 heteroatoms. The molecule has 1 fully saturated rings. The molecule has 0 heterocycles. The highest BCUT2D eigenvalue weighted by molar-refractivity contribution is 6.31. The van der Waals surface area contributed by atoms with Crippen molar-refractivity contribution in [1.29, 1.82) is 0 Å². The molecule has 0 radical (unpaired) electrons. The molecule has 2 nitrogen and oxygen atoms in total. The van der Waals surface area contributed by atoms with Gasteiger partial charge in [0.15, 0.2) is 0 Å². The molecule has 0 bridgehead atoms. The summed E-state index contributed by atoms with van der Waals surface area (Å²) in [6.07, 6.45) is 0.825. The summed E-state index contributed by atoms with van der Waals surface area (Å²) in [5.41, 5.74) is 6.33. The molecule has 1 aromatic carbocycles. The normalized spacial score (nSPS) is 29.2. The first-order valence-electron chi connectivity index (χ1n) is 4.90. The van der Waals surface area contributed by atoms with E-state index in [2.05, 4.69) is 0 Å². The van der Waals surface area contributed by atoms with Gasteiger partial charge >= 0.3 is 0 Å². The lowest BCUT2D eigenvalue weighted by Crippen LogP contribution is -2.24. The van der Waals surface area contributed by atoms with Gasteiger partial charge in [0.1, 0.15) is 5.82 Å². The molecule has 2 rings (SSSR count). The van der Waals surface area contributed by atoms with Gasteiger partial charge in [-0.1, -0.05) is 17.7 Å². The van der Waals surface area contributed by atoms with E-state index in [0.29, 0.717) is 11.6 Å². The van der Waals surface area contributed by atoms with Crippen molar-refractivity contribution in [2.75, 3.05) is 13.2 Å². The van der Waals surface area contributed by atoms with Gasteiger partial charge in [0.2, 0.25) is 0 Å². The Balaban J connectivity index is 2.37. The van der Waals surface area contributed by atoms with E-state index in [4.69, 9.17) is 22.4 Å². The zero-order chi connectivity index (χ0) is 11.1. The van der Waals surface area contributed by atoms with Crippen LogP contribution in [0.1, 0.15) is 12.0 Å². The molecule has 1 saturated carbocycles. The standard InChI is InChI=1S/C11H13ClFNO/c12-10-3-8(13)1-2-9(10)11(6-14)4-7(11)5-15/h1-3,7,15H,4-6,14H2. The van der Waals surface area contributed by atoms with Crippen molar-refractivity contribution in [1.82, 2.24) is 0 Å². The number of rotatable bonds is 3. The van der Waals surface area contributed by atoms with Gasteiger partial charge in [0.05, 0.1) is 0 Å². The molecule has 1 aliphatic rings. The van der Waals surface area contributed by atoms with Gasteiger partial charge in [0.25, 0.3) is 0 Å². The van der Waals surface area contributed by atoms with Gasteiger partial charge in [-0.3, -0.25) is 0 Å². The zero-order valence-corrected chi connectivity index (χ0v) is 8.97. The molecule has 0 spiro atoms. The van der Waals surface area contributed by atoms with E-state index in [1.54, 1.807) is 6.07 Å². The minimum atomic E-state index is -0.350. The van der Waals surface area contributed by atoms with Crippen molar-refractivity contribution in [3.63, 3.8) is 0 Å². The van der Waals surface area contributed by atoms with Crippen molar-refractivity contribution in [3.8, 4) is 0 Å². The van der Waals surface area contributed by atoms with Crippen molar-refractivity contribution < 1.29 is 9.50 Å². The Hall–Kier alpha value is -0.640. The number of benzene rings is 1. The van der Waals surface area contributed by atoms with Gasteiger partial charge in [0, 0.05) is 23.6 Å². The van der Waals surface area contributed by atoms with Crippen LogP contribution in [0.2, 0.25) is 5.02 Å². The van der Waals surface area contributed by atoms with Crippen LogP contribution in [0.4, 0.5) is 4.39 Å². The summed E-state index contributed by atoms with van der Waals surface area (Å²) < 4.78 is 12.9. The summed E-state index contributed by atoms with van der Waals surface area (Å²) in [4.78, 5) is 0. The largest absolute Gasteiger partial charge is 0.396 e. The third-order valence-corrected chi connectivity index (χ3v) is 3.60. The van der Waals surface area contributed by atoms with Gasteiger partial charge in [-0.25, -0.2) is 4.39 Å². The first-order valence-corrected chi connectivity index (χ1v) is 5.28. The number of aliphatic hydroxyl groups is 1. The topological polar surface area (TPSA) is 46.2 Å². The Morgan fingerprint density at radius 3 is 2.80 bits per heavy atom. The molecule has 0 saturated heterocycles. The lowest BCUT2D eigenvalue weighted by molar-refractivity contribution is 0.264. The number of nitrogens with two attached hydrogens (primary N) is 1. The second-order valence-corrected chi connectivity index (χ2v) is 4.48. The van der Waals surface area contributed by atoms with Crippen molar-refractivity contribution in [2.45, 2.75) is 11.8 Å². The van der Waals surface area contributed by atoms with Crippen LogP contribution in [-0.4, -0.2) is 18.3 Å². The molecule has 1 aromatic rings. The number of hydrogen-bond donors (Lipinski definition) is 2. The van der Waals surface area contributed by atoms with Crippen LogP contribution in [0.25, 0.3) is 0 Å². The van der Waals surface area contributed by atoms with Crippen LogP contribution in [0.3, 0.4) is 0 Å². The third-order valence-electron chi connectivity index (χ3n) is 3.28. The van der Waals surface area contributed by atoms with Crippen molar-refractivity contribution in [2.24, 2.45) is 11.7 Å². The Labute approximate surface area is 92.9 Å². The maximum atomic E-state index is 12.9. The summed E-state index contributed by atoms with van der Waals surface area (Å²) in [6, 6.07) is 4.34. The number of hydrogen-bond acceptors (Lipinski definition) is 2. The highest BCUT2D eigenvalue weighted by Crippen LogP contribution is 2.54. The molecular formula is C11H13ClFNO. The van der Waals surface area contributed by atoms with Gasteiger partial charge in [-0.15, -0.1) is 0 Å². The average Bonchev–Trinajstić information content (AvgIpc) is 2.93. The lowest BCUT2D eigenvalue weighted by atomic mass is 9.93. The van der Waals surface area contributed by atoms with E-state index in [-0.39, 0.29) is 23.8 Å². The van der Waals surface area contributed by atoms with Crippen LogP contribution < -0.4 is 5.73 Å². The quantitative estimate of drug-likeness (QED) is 0.829. The summed E-state index contributed by atoms with van der Waals surface area (Å²) in [6.45, 7) is 0.536. The molecule has 0 amide bonds. The fourth-order valence-corrected chi connectivity index (χ4v) is 2.56. The fraction of sp³-hybridized carbons (Fsp3) is 0.455. The predicted octanol–water partition coefficient (Wildman–Crippen LogP) is 1.69. The predicted molar refractivity (Wildman–Crippen MR) is 57.3 cm³/mol. The molecular weight excluding hydrogens is 217 g/mol. The highest BCUT2D eigenvalue weighted by atomic mass is 35.5. The SMILES string of the molecule is NCC1(c2ccc(F)cc2Cl)CC1CO. The molecule has 15 heavy (non-hydrogen) atoms. The van der Waals surface area contributed by atoms with E-state index < -0.39 is 0 Å². The minimum absolute atomic E-state index is 0.102. The number of halogens is 2. The maximum absolute atomic E-state index is 12.9. The van der Waals surface area contributed by atoms with E-state index in [1.807, 2.05) is 0 Å². The van der Waals surface area contributed by atoms with Gasteiger partial charge in [-0.2, -0.15) is 0 Å². The molecule has 0 aromatic heterocycles. The monoisotopic (exact) mass is 229 g/mol.